The summed E-state index contributed by atoms with van der Waals surface area (Å²) in [6.07, 6.45) is 0. The van der Waals surface area contributed by atoms with Crippen molar-refractivity contribution in [1.29, 1.82) is 5.26 Å². The fraction of sp³-hybridized carbons (Fsp3) is 0.364. The highest BCUT2D eigenvalue weighted by Crippen LogP contribution is 2.24. The van der Waals surface area contributed by atoms with Crippen LogP contribution in [0.25, 0.3) is 0 Å². The molecule has 0 aliphatic carbocycles. The number of anilines is 2. The fourth-order valence-corrected chi connectivity index (χ4v) is 1.80. The molecule has 0 radical (unpaired) electrons. The van der Waals surface area contributed by atoms with E-state index >= 15 is 0 Å². The molecule has 5 nitrogen and oxygen atoms in total. The van der Waals surface area contributed by atoms with Crippen LogP contribution in [0.1, 0.15) is 26.3 Å². The van der Waals surface area contributed by atoms with Gasteiger partial charge in [0.25, 0.3) is 0 Å². The molecule has 0 saturated carbocycles. The largest absolute Gasteiger partial charge is 0.397 e. The van der Waals surface area contributed by atoms with E-state index in [-0.39, 0.29) is 5.69 Å². The number of nitrogen functional groups attached to an aromatic ring is 1. The van der Waals surface area contributed by atoms with Crippen LogP contribution in [0.2, 0.25) is 0 Å². The lowest BCUT2D eigenvalue weighted by molar-refractivity contribution is 0.566. The van der Waals surface area contributed by atoms with Gasteiger partial charge in [0.05, 0.1) is 27.8 Å². The van der Waals surface area contributed by atoms with Gasteiger partial charge >= 0.3 is 0 Å². The number of nitrogens with zero attached hydrogens (tertiary/aromatic N) is 1. The molecule has 0 heterocycles. The lowest BCUT2D eigenvalue weighted by Crippen LogP contribution is -2.33. The Hall–Kier alpha value is -1.74. The second-order valence-corrected chi connectivity index (χ2v) is 7.07. The summed E-state index contributed by atoms with van der Waals surface area (Å²) < 4.78 is 25.3. The van der Waals surface area contributed by atoms with Crippen LogP contribution in [0.15, 0.2) is 18.2 Å². The van der Waals surface area contributed by atoms with E-state index in [1.165, 1.54) is 18.2 Å². The summed E-state index contributed by atoms with van der Waals surface area (Å²) in [6.45, 7) is 4.78. The Morgan fingerprint density at radius 2 is 1.94 bits per heavy atom. The Bertz CT molecular complexity index is 565. The number of sulfonamides is 1. The molecule has 0 aliphatic heterocycles. The minimum atomic E-state index is -3.51. The third-order valence-corrected chi connectivity index (χ3v) is 4.33. The highest BCUT2D eigenvalue weighted by atomic mass is 32.2. The molecule has 0 unspecified atom stereocenters. The Balaban J connectivity index is 3.11. The molecule has 1 aromatic carbocycles. The molecule has 0 saturated heterocycles. The van der Waals surface area contributed by atoms with E-state index < -0.39 is 14.8 Å². The summed E-state index contributed by atoms with van der Waals surface area (Å²) in [4.78, 5) is 0. The first-order chi connectivity index (χ1) is 7.67. The van der Waals surface area contributed by atoms with Gasteiger partial charge in [-0.1, -0.05) is 0 Å². The molecule has 0 fully saturated rings. The minimum absolute atomic E-state index is 0.233. The van der Waals surface area contributed by atoms with Crippen LogP contribution in [0.4, 0.5) is 11.4 Å². The maximum absolute atomic E-state index is 11.9. The van der Waals surface area contributed by atoms with Crippen molar-refractivity contribution in [2.75, 3.05) is 10.5 Å². The molecule has 1 aromatic rings. The molecule has 0 aromatic heterocycles. The maximum Gasteiger partial charge on any atom is 0.237 e. The second kappa shape index (κ2) is 4.26. The van der Waals surface area contributed by atoms with E-state index in [1.54, 1.807) is 20.8 Å². The van der Waals surface area contributed by atoms with Crippen LogP contribution < -0.4 is 10.5 Å². The molecule has 0 spiro atoms. The summed E-state index contributed by atoms with van der Waals surface area (Å²) in [5.74, 6) is 0. The SMILES string of the molecule is CC(C)(C)S(=O)(=O)Nc1ccc(C#N)cc1N. The molecule has 0 amide bonds. The van der Waals surface area contributed by atoms with Crippen molar-refractivity contribution in [1.82, 2.24) is 0 Å². The third-order valence-electron chi connectivity index (χ3n) is 2.23. The molecule has 6 heteroatoms. The van der Waals surface area contributed by atoms with Crippen LogP contribution in [0.3, 0.4) is 0 Å². The Labute approximate surface area is 101 Å². The predicted molar refractivity (Wildman–Crippen MR) is 67.9 cm³/mol. The van der Waals surface area contributed by atoms with Crippen LogP contribution in [-0.2, 0) is 10.0 Å². The van der Waals surface area contributed by atoms with E-state index in [4.69, 9.17) is 11.0 Å². The molecule has 0 aliphatic rings. The predicted octanol–water partition coefficient (Wildman–Crippen LogP) is 1.68. The summed E-state index contributed by atoms with van der Waals surface area (Å²) in [5.41, 5.74) is 6.58. The monoisotopic (exact) mass is 253 g/mol. The summed E-state index contributed by atoms with van der Waals surface area (Å²) >= 11 is 0. The van der Waals surface area contributed by atoms with Gasteiger partial charge in [-0.05, 0) is 39.0 Å². The van der Waals surface area contributed by atoms with Crippen LogP contribution in [0, 0.1) is 11.3 Å². The first-order valence-electron chi connectivity index (χ1n) is 4.99. The van der Waals surface area contributed by atoms with Gasteiger partial charge in [-0.15, -0.1) is 0 Å². The topological polar surface area (TPSA) is 96.0 Å². The smallest absolute Gasteiger partial charge is 0.237 e. The van der Waals surface area contributed by atoms with Crippen molar-refractivity contribution >= 4 is 21.4 Å². The number of rotatable bonds is 2. The maximum atomic E-state index is 11.9. The van der Waals surface area contributed by atoms with Gasteiger partial charge in [0.2, 0.25) is 10.0 Å². The lowest BCUT2D eigenvalue weighted by Gasteiger charge is -2.21. The highest BCUT2D eigenvalue weighted by Gasteiger charge is 2.29. The van der Waals surface area contributed by atoms with Gasteiger partial charge in [-0.3, -0.25) is 4.72 Å². The quantitative estimate of drug-likeness (QED) is 0.784. The van der Waals surface area contributed by atoms with Crippen molar-refractivity contribution in [3.63, 3.8) is 0 Å². The Morgan fingerprint density at radius 3 is 2.35 bits per heavy atom. The van der Waals surface area contributed by atoms with Gasteiger partial charge in [-0.2, -0.15) is 5.26 Å². The molecule has 17 heavy (non-hydrogen) atoms. The summed E-state index contributed by atoms with van der Waals surface area (Å²) in [7, 11) is -3.51. The molecule has 3 N–H and O–H groups in total. The minimum Gasteiger partial charge on any atom is -0.397 e. The van der Waals surface area contributed by atoms with E-state index in [9.17, 15) is 8.42 Å². The highest BCUT2D eigenvalue weighted by molar-refractivity contribution is 7.94. The van der Waals surface area contributed by atoms with Crippen molar-refractivity contribution in [3.05, 3.63) is 23.8 Å². The zero-order valence-corrected chi connectivity index (χ0v) is 10.8. The number of nitrogens with one attached hydrogen (secondary N) is 1. The number of nitrogens with two attached hydrogens (primary N) is 1. The van der Waals surface area contributed by atoms with Gasteiger partial charge in [0, 0.05) is 0 Å². The van der Waals surface area contributed by atoms with E-state index in [1.807, 2.05) is 6.07 Å². The zero-order valence-electron chi connectivity index (χ0n) is 9.98. The number of nitriles is 1. The van der Waals surface area contributed by atoms with Crippen molar-refractivity contribution < 1.29 is 8.42 Å². The third kappa shape index (κ3) is 2.88. The standard InChI is InChI=1S/C11H15N3O2S/c1-11(2,3)17(15,16)14-10-5-4-8(7-12)6-9(10)13/h4-6,14H,13H2,1-3H3. The van der Waals surface area contributed by atoms with Crippen molar-refractivity contribution in [3.8, 4) is 6.07 Å². The van der Waals surface area contributed by atoms with E-state index in [0.717, 1.165) is 0 Å². The van der Waals surface area contributed by atoms with Gasteiger partial charge in [-0.25, -0.2) is 8.42 Å². The van der Waals surface area contributed by atoms with Crippen LogP contribution in [-0.4, -0.2) is 13.2 Å². The summed E-state index contributed by atoms with van der Waals surface area (Å²) in [6, 6.07) is 6.36. The Kier molecular flexibility index (Phi) is 3.34. The average Bonchev–Trinajstić information content (AvgIpc) is 2.19. The lowest BCUT2D eigenvalue weighted by atomic mass is 10.2. The second-order valence-electron chi connectivity index (χ2n) is 4.63. The fourth-order valence-electron chi connectivity index (χ4n) is 1.02. The number of hydrogen-bond donors (Lipinski definition) is 2. The molecule has 0 bridgehead atoms. The van der Waals surface area contributed by atoms with Crippen molar-refractivity contribution in [2.45, 2.75) is 25.5 Å². The zero-order chi connectivity index (χ0) is 13.3. The van der Waals surface area contributed by atoms with E-state index in [2.05, 4.69) is 4.72 Å². The van der Waals surface area contributed by atoms with Crippen LogP contribution in [0.5, 0.6) is 0 Å². The van der Waals surface area contributed by atoms with Crippen molar-refractivity contribution in [2.24, 2.45) is 0 Å². The first-order valence-corrected chi connectivity index (χ1v) is 6.48. The molecular formula is C11H15N3O2S. The first kappa shape index (κ1) is 13.3. The normalized spacial score (nSPS) is 11.9. The number of benzene rings is 1. The molecular weight excluding hydrogens is 238 g/mol. The van der Waals surface area contributed by atoms with Gasteiger partial charge in [0.15, 0.2) is 0 Å². The number of hydrogen-bond acceptors (Lipinski definition) is 4. The molecule has 1 rings (SSSR count). The molecule has 0 atom stereocenters. The molecule has 92 valence electrons. The van der Waals surface area contributed by atoms with Gasteiger partial charge in [0.1, 0.15) is 0 Å². The van der Waals surface area contributed by atoms with Crippen LogP contribution >= 0.6 is 0 Å². The summed E-state index contributed by atoms with van der Waals surface area (Å²) in [5, 5.41) is 8.67. The Morgan fingerprint density at radius 1 is 1.35 bits per heavy atom. The van der Waals surface area contributed by atoms with E-state index in [0.29, 0.717) is 11.3 Å². The average molecular weight is 253 g/mol. The van der Waals surface area contributed by atoms with Gasteiger partial charge < -0.3 is 5.73 Å².